The van der Waals surface area contributed by atoms with Crippen molar-refractivity contribution >= 4 is 11.6 Å². The van der Waals surface area contributed by atoms with E-state index < -0.39 is 0 Å². The molecule has 1 heterocycles. The lowest BCUT2D eigenvalue weighted by Crippen LogP contribution is -2.56. The Bertz CT molecular complexity index is 645. The van der Waals surface area contributed by atoms with Crippen molar-refractivity contribution in [3.8, 4) is 5.75 Å². The largest absolute Gasteiger partial charge is 0.495 e. The summed E-state index contributed by atoms with van der Waals surface area (Å²) in [6.07, 6.45) is 0.0800. The summed E-state index contributed by atoms with van der Waals surface area (Å²) >= 11 is 0. The number of hydrogen-bond acceptors (Lipinski definition) is 4. The number of carbonyl (C=O) groups is 1. The molecule has 3 rings (SSSR count). The molecule has 0 aromatic heterocycles. The van der Waals surface area contributed by atoms with Crippen LogP contribution < -0.4 is 20.7 Å². The predicted octanol–water partition coefficient (Wildman–Crippen LogP) is 2.24. The first kappa shape index (κ1) is 14.4. The van der Waals surface area contributed by atoms with Crippen LogP contribution in [0.4, 0.5) is 5.69 Å². The molecule has 0 radical (unpaired) electrons. The Morgan fingerprint density at radius 1 is 1.09 bits per heavy atom. The zero-order valence-electron chi connectivity index (χ0n) is 12.4. The van der Waals surface area contributed by atoms with Crippen LogP contribution in [0.1, 0.15) is 18.0 Å². The van der Waals surface area contributed by atoms with Gasteiger partial charge >= 0.3 is 0 Å². The molecule has 1 aliphatic rings. The van der Waals surface area contributed by atoms with Crippen molar-refractivity contribution in [2.75, 3.05) is 12.4 Å². The van der Waals surface area contributed by atoms with Gasteiger partial charge in [0.1, 0.15) is 5.75 Å². The maximum absolute atomic E-state index is 12.0. The van der Waals surface area contributed by atoms with Crippen LogP contribution in [0, 0.1) is 0 Å². The Hall–Kier alpha value is -2.53. The molecule has 2 unspecified atom stereocenters. The molecule has 0 bridgehead atoms. The summed E-state index contributed by atoms with van der Waals surface area (Å²) in [7, 11) is 1.63. The standard InChI is InChI=1S/C17H19N3O2/c1-22-15-10-6-5-9-13(15)18-17-19-14(11-16(21)20-17)12-7-3-2-4-8-12/h2-10,14,17-19H,11H2,1H3,(H,20,21). The van der Waals surface area contributed by atoms with Gasteiger partial charge in [0, 0.05) is 12.5 Å². The minimum absolute atomic E-state index is 0.0119. The Labute approximate surface area is 129 Å². The first-order valence-electron chi connectivity index (χ1n) is 7.26. The molecule has 22 heavy (non-hydrogen) atoms. The number of rotatable bonds is 4. The topological polar surface area (TPSA) is 62.4 Å². The summed E-state index contributed by atoms with van der Waals surface area (Å²) in [5.41, 5.74) is 1.93. The third-order valence-electron chi connectivity index (χ3n) is 3.67. The second-order valence-electron chi connectivity index (χ2n) is 5.18. The van der Waals surface area contributed by atoms with Gasteiger partial charge in [-0.05, 0) is 17.7 Å². The van der Waals surface area contributed by atoms with Crippen molar-refractivity contribution < 1.29 is 9.53 Å². The molecule has 3 N–H and O–H groups in total. The molecule has 114 valence electrons. The zero-order valence-corrected chi connectivity index (χ0v) is 12.4. The van der Waals surface area contributed by atoms with Crippen molar-refractivity contribution in [2.24, 2.45) is 0 Å². The third-order valence-corrected chi connectivity index (χ3v) is 3.67. The highest BCUT2D eigenvalue weighted by Gasteiger charge is 2.26. The van der Waals surface area contributed by atoms with E-state index in [4.69, 9.17) is 4.74 Å². The highest BCUT2D eigenvalue weighted by molar-refractivity contribution is 5.78. The number of hydrogen-bond donors (Lipinski definition) is 3. The number of benzene rings is 2. The number of methoxy groups -OCH3 is 1. The summed E-state index contributed by atoms with van der Waals surface area (Å²) in [6, 6.07) is 17.6. The monoisotopic (exact) mass is 297 g/mol. The van der Waals surface area contributed by atoms with Crippen molar-refractivity contribution in [1.82, 2.24) is 10.6 Å². The maximum Gasteiger partial charge on any atom is 0.224 e. The number of amides is 1. The molecule has 5 heteroatoms. The lowest BCUT2D eigenvalue weighted by Gasteiger charge is -2.33. The zero-order chi connectivity index (χ0) is 15.4. The highest BCUT2D eigenvalue weighted by Crippen LogP contribution is 2.25. The molecule has 1 saturated heterocycles. The predicted molar refractivity (Wildman–Crippen MR) is 85.5 cm³/mol. The Balaban J connectivity index is 1.75. The van der Waals surface area contributed by atoms with E-state index >= 15 is 0 Å². The van der Waals surface area contributed by atoms with Crippen molar-refractivity contribution in [3.63, 3.8) is 0 Å². The van der Waals surface area contributed by atoms with Crippen molar-refractivity contribution in [2.45, 2.75) is 18.8 Å². The molecule has 1 amide bonds. The van der Waals surface area contributed by atoms with E-state index in [-0.39, 0.29) is 18.2 Å². The lowest BCUT2D eigenvalue weighted by atomic mass is 10.0. The Kier molecular flexibility index (Phi) is 4.25. The minimum atomic E-state index is -0.345. The minimum Gasteiger partial charge on any atom is -0.495 e. The quantitative estimate of drug-likeness (QED) is 0.810. The van der Waals surface area contributed by atoms with Crippen LogP contribution >= 0.6 is 0 Å². The van der Waals surface area contributed by atoms with Gasteiger partial charge in [0.2, 0.25) is 5.91 Å². The fourth-order valence-corrected chi connectivity index (χ4v) is 2.60. The number of anilines is 1. The van der Waals surface area contributed by atoms with Gasteiger partial charge in [-0.1, -0.05) is 42.5 Å². The first-order valence-corrected chi connectivity index (χ1v) is 7.26. The average Bonchev–Trinajstić information content (AvgIpc) is 2.56. The second kappa shape index (κ2) is 6.49. The van der Waals surface area contributed by atoms with Crippen LogP contribution in [0.2, 0.25) is 0 Å². The summed E-state index contributed by atoms with van der Waals surface area (Å²) in [5, 5.41) is 9.56. The van der Waals surface area contributed by atoms with E-state index in [9.17, 15) is 4.79 Å². The van der Waals surface area contributed by atoms with Gasteiger partial charge in [-0.3, -0.25) is 10.1 Å². The van der Waals surface area contributed by atoms with Crippen molar-refractivity contribution in [3.05, 3.63) is 60.2 Å². The van der Waals surface area contributed by atoms with E-state index in [2.05, 4.69) is 16.0 Å². The number of ether oxygens (including phenoxy) is 1. The number of para-hydroxylation sites is 2. The van der Waals surface area contributed by atoms with E-state index in [1.807, 2.05) is 54.6 Å². The van der Waals surface area contributed by atoms with Crippen molar-refractivity contribution in [1.29, 1.82) is 0 Å². The summed E-state index contributed by atoms with van der Waals surface area (Å²) in [4.78, 5) is 12.0. The molecule has 2 atom stereocenters. The van der Waals surface area contributed by atoms with Gasteiger partial charge in [-0.2, -0.15) is 0 Å². The summed E-state index contributed by atoms with van der Waals surface area (Å²) in [5.74, 6) is 0.750. The van der Waals surface area contributed by atoms with E-state index in [0.717, 1.165) is 17.0 Å². The summed E-state index contributed by atoms with van der Waals surface area (Å²) < 4.78 is 5.32. The van der Waals surface area contributed by atoms with Crippen LogP contribution in [-0.4, -0.2) is 19.3 Å². The molecule has 5 nitrogen and oxygen atoms in total. The molecular formula is C17H19N3O2. The van der Waals surface area contributed by atoms with Crippen LogP contribution in [0.25, 0.3) is 0 Å². The van der Waals surface area contributed by atoms with Crippen LogP contribution in [0.15, 0.2) is 54.6 Å². The smallest absolute Gasteiger partial charge is 0.224 e. The van der Waals surface area contributed by atoms with Crippen LogP contribution in [0.3, 0.4) is 0 Å². The summed E-state index contributed by atoms with van der Waals surface area (Å²) in [6.45, 7) is 0. The average molecular weight is 297 g/mol. The Morgan fingerprint density at radius 2 is 1.82 bits per heavy atom. The van der Waals surface area contributed by atoms with E-state index in [1.54, 1.807) is 7.11 Å². The van der Waals surface area contributed by atoms with Gasteiger partial charge in [0.15, 0.2) is 6.29 Å². The fourth-order valence-electron chi connectivity index (χ4n) is 2.60. The van der Waals surface area contributed by atoms with Crippen LogP contribution in [0.5, 0.6) is 5.75 Å². The molecule has 1 fully saturated rings. The first-order chi connectivity index (χ1) is 10.8. The van der Waals surface area contributed by atoms with Gasteiger partial charge in [-0.25, -0.2) is 0 Å². The van der Waals surface area contributed by atoms with Gasteiger partial charge in [0.25, 0.3) is 0 Å². The Morgan fingerprint density at radius 3 is 2.59 bits per heavy atom. The van der Waals surface area contributed by atoms with E-state index in [0.29, 0.717) is 6.42 Å². The van der Waals surface area contributed by atoms with Gasteiger partial charge in [-0.15, -0.1) is 0 Å². The number of carbonyl (C=O) groups excluding carboxylic acids is 1. The highest BCUT2D eigenvalue weighted by atomic mass is 16.5. The van der Waals surface area contributed by atoms with Crippen LogP contribution in [-0.2, 0) is 4.79 Å². The normalized spacial score (nSPS) is 21.0. The third kappa shape index (κ3) is 3.20. The molecule has 2 aromatic carbocycles. The molecule has 0 saturated carbocycles. The number of nitrogens with one attached hydrogen (secondary N) is 3. The molecule has 0 spiro atoms. The van der Waals surface area contributed by atoms with E-state index in [1.165, 1.54) is 0 Å². The fraction of sp³-hybridized carbons (Fsp3) is 0.235. The molecular weight excluding hydrogens is 278 g/mol. The second-order valence-corrected chi connectivity index (χ2v) is 5.18. The molecule has 2 aromatic rings. The van der Waals surface area contributed by atoms with Gasteiger partial charge < -0.3 is 15.4 Å². The maximum atomic E-state index is 12.0. The lowest BCUT2D eigenvalue weighted by molar-refractivity contribution is -0.124. The molecule has 0 aliphatic carbocycles. The van der Waals surface area contributed by atoms with Gasteiger partial charge in [0.05, 0.1) is 12.8 Å². The molecule has 1 aliphatic heterocycles. The SMILES string of the molecule is COc1ccccc1NC1NC(=O)CC(c2ccccc2)N1.